The van der Waals surface area contributed by atoms with Crippen molar-refractivity contribution in [1.82, 2.24) is 14.4 Å². The second-order valence-electron chi connectivity index (χ2n) is 4.80. The van der Waals surface area contributed by atoms with Crippen LogP contribution in [0, 0.1) is 0 Å². The van der Waals surface area contributed by atoms with Gasteiger partial charge in [0.15, 0.2) is 0 Å². The molecule has 2 aromatic carbocycles. The average Bonchev–Trinajstić information content (AvgIpc) is 2.86. The minimum Gasteiger partial charge on any atom is -0.280 e. The first-order valence-corrected chi connectivity index (χ1v) is 7.42. The van der Waals surface area contributed by atoms with Crippen LogP contribution in [0.3, 0.4) is 0 Å². The third-order valence-corrected chi connectivity index (χ3v) is 4.08. The largest absolute Gasteiger partial charge is 0.280 e. The fourth-order valence-electron chi connectivity index (χ4n) is 2.68. The van der Waals surface area contributed by atoms with Crippen LogP contribution in [0.2, 0.25) is 0 Å². The highest BCUT2D eigenvalue weighted by atomic mass is 79.9. The summed E-state index contributed by atoms with van der Waals surface area (Å²) in [6, 6.07) is 14.4. The second-order valence-corrected chi connectivity index (χ2v) is 5.72. The summed E-state index contributed by atoms with van der Waals surface area (Å²) in [6.45, 7) is 2.13. The molecule has 0 aliphatic heterocycles. The molecule has 0 unspecified atom stereocenters. The second kappa shape index (κ2) is 4.28. The Hall–Kier alpha value is -1.94. The van der Waals surface area contributed by atoms with Crippen LogP contribution in [-0.4, -0.2) is 14.4 Å². The van der Waals surface area contributed by atoms with Crippen molar-refractivity contribution in [2.75, 3.05) is 0 Å². The van der Waals surface area contributed by atoms with E-state index in [1.807, 2.05) is 30.3 Å². The quantitative estimate of drug-likeness (QED) is 0.520. The van der Waals surface area contributed by atoms with Crippen molar-refractivity contribution in [3.63, 3.8) is 0 Å². The summed E-state index contributed by atoms with van der Waals surface area (Å²) >= 11 is 3.53. The summed E-state index contributed by atoms with van der Waals surface area (Å²) in [4.78, 5) is 9.58. The number of fused-ring (bicyclic) bond motifs is 5. The van der Waals surface area contributed by atoms with Crippen LogP contribution in [0.1, 0.15) is 12.7 Å². The molecule has 2 aromatic heterocycles. The molecule has 0 aliphatic rings. The van der Waals surface area contributed by atoms with Gasteiger partial charge in [-0.2, -0.15) is 0 Å². The lowest BCUT2D eigenvalue weighted by molar-refractivity contribution is 0.930. The number of aryl methyl sites for hydroxylation is 1. The van der Waals surface area contributed by atoms with E-state index < -0.39 is 0 Å². The molecule has 0 atom stereocenters. The fourth-order valence-corrected chi connectivity index (χ4v) is 3.04. The first-order chi connectivity index (χ1) is 9.78. The van der Waals surface area contributed by atoms with E-state index in [1.165, 1.54) is 0 Å². The van der Waals surface area contributed by atoms with Crippen LogP contribution in [0.5, 0.6) is 0 Å². The molecular formula is C16H12BrN3. The number of rotatable bonds is 1. The molecule has 0 spiro atoms. The molecular weight excluding hydrogens is 314 g/mol. The molecule has 98 valence electrons. The number of aromatic nitrogens is 3. The molecule has 0 N–H and O–H groups in total. The van der Waals surface area contributed by atoms with Gasteiger partial charge < -0.3 is 0 Å². The third kappa shape index (κ3) is 1.58. The van der Waals surface area contributed by atoms with E-state index in [2.05, 4.69) is 39.4 Å². The van der Waals surface area contributed by atoms with Gasteiger partial charge in [-0.1, -0.05) is 35.0 Å². The van der Waals surface area contributed by atoms with E-state index in [-0.39, 0.29) is 0 Å². The van der Waals surface area contributed by atoms with Gasteiger partial charge in [-0.05, 0) is 30.3 Å². The average molecular weight is 326 g/mol. The van der Waals surface area contributed by atoms with E-state index >= 15 is 0 Å². The number of imidazole rings is 1. The van der Waals surface area contributed by atoms with E-state index in [9.17, 15) is 0 Å². The number of para-hydroxylation sites is 2. The summed E-state index contributed by atoms with van der Waals surface area (Å²) < 4.78 is 3.22. The molecule has 3 nitrogen and oxygen atoms in total. The summed E-state index contributed by atoms with van der Waals surface area (Å²) in [5.41, 5.74) is 4.10. The first-order valence-electron chi connectivity index (χ1n) is 6.63. The minimum atomic E-state index is 0.878. The molecule has 0 radical (unpaired) electrons. The lowest BCUT2D eigenvalue weighted by atomic mass is 10.2. The lowest BCUT2D eigenvalue weighted by Gasteiger charge is -2.07. The van der Waals surface area contributed by atoms with Crippen molar-refractivity contribution in [2.45, 2.75) is 13.3 Å². The van der Waals surface area contributed by atoms with E-state index in [1.54, 1.807) is 0 Å². The molecule has 0 bridgehead atoms. The van der Waals surface area contributed by atoms with Crippen LogP contribution < -0.4 is 0 Å². The fraction of sp³-hybridized carbons (Fsp3) is 0.125. The molecule has 0 aliphatic carbocycles. The Bertz CT molecular complexity index is 956. The Morgan fingerprint density at radius 3 is 2.75 bits per heavy atom. The molecule has 0 fully saturated rings. The number of benzene rings is 2. The van der Waals surface area contributed by atoms with E-state index in [0.717, 1.165) is 44.3 Å². The zero-order chi connectivity index (χ0) is 13.7. The van der Waals surface area contributed by atoms with Crippen molar-refractivity contribution in [3.05, 3.63) is 52.8 Å². The van der Waals surface area contributed by atoms with Gasteiger partial charge in [0, 0.05) is 16.3 Å². The normalized spacial score (nSPS) is 11.7. The molecule has 0 saturated carbocycles. The maximum absolute atomic E-state index is 4.80. The molecule has 4 rings (SSSR count). The van der Waals surface area contributed by atoms with Crippen molar-refractivity contribution in [2.24, 2.45) is 0 Å². The van der Waals surface area contributed by atoms with Crippen LogP contribution in [0.15, 0.2) is 46.9 Å². The summed E-state index contributed by atoms with van der Waals surface area (Å²) in [7, 11) is 0. The zero-order valence-corrected chi connectivity index (χ0v) is 12.6. The molecule has 20 heavy (non-hydrogen) atoms. The summed E-state index contributed by atoms with van der Waals surface area (Å²) in [6.07, 6.45) is 0.878. The maximum Gasteiger partial charge on any atom is 0.148 e. The van der Waals surface area contributed by atoms with Crippen LogP contribution in [0.25, 0.3) is 27.6 Å². The van der Waals surface area contributed by atoms with Gasteiger partial charge in [-0.25, -0.2) is 9.97 Å². The maximum atomic E-state index is 4.80. The van der Waals surface area contributed by atoms with Gasteiger partial charge >= 0.3 is 0 Å². The van der Waals surface area contributed by atoms with Gasteiger partial charge in [0.25, 0.3) is 0 Å². The van der Waals surface area contributed by atoms with E-state index in [4.69, 9.17) is 9.97 Å². The molecule has 4 aromatic rings. The Kier molecular flexibility index (Phi) is 2.54. The predicted octanol–water partition coefficient (Wildman–Crippen LogP) is 4.36. The Morgan fingerprint density at radius 1 is 1.05 bits per heavy atom. The van der Waals surface area contributed by atoms with Gasteiger partial charge in [-0.15, -0.1) is 0 Å². The zero-order valence-electron chi connectivity index (χ0n) is 11.0. The SMILES string of the molecule is CCc1nc2ccc(Br)cc2c2nc3ccccc3n12. The monoisotopic (exact) mass is 325 g/mol. The van der Waals surface area contributed by atoms with Crippen molar-refractivity contribution in [1.29, 1.82) is 0 Å². The number of hydrogen-bond donors (Lipinski definition) is 0. The highest BCUT2D eigenvalue weighted by Crippen LogP contribution is 2.27. The first kappa shape index (κ1) is 11.9. The lowest BCUT2D eigenvalue weighted by Crippen LogP contribution is -2.00. The van der Waals surface area contributed by atoms with Gasteiger partial charge in [0.05, 0.1) is 16.6 Å². The van der Waals surface area contributed by atoms with Crippen LogP contribution in [0.4, 0.5) is 0 Å². The van der Waals surface area contributed by atoms with Crippen LogP contribution in [-0.2, 0) is 6.42 Å². The Morgan fingerprint density at radius 2 is 1.90 bits per heavy atom. The number of halogens is 1. The molecule has 0 amide bonds. The van der Waals surface area contributed by atoms with E-state index in [0.29, 0.717) is 0 Å². The summed E-state index contributed by atoms with van der Waals surface area (Å²) in [5, 5.41) is 1.08. The Labute approximate surface area is 124 Å². The van der Waals surface area contributed by atoms with Crippen molar-refractivity contribution >= 4 is 43.5 Å². The topological polar surface area (TPSA) is 30.2 Å². The molecule has 4 heteroatoms. The molecule has 0 saturated heterocycles. The highest BCUT2D eigenvalue weighted by molar-refractivity contribution is 9.10. The van der Waals surface area contributed by atoms with Gasteiger partial charge in [0.2, 0.25) is 0 Å². The minimum absolute atomic E-state index is 0.878. The Balaban J connectivity index is 2.32. The van der Waals surface area contributed by atoms with Crippen molar-refractivity contribution < 1.29 is 0 Å². The van der Waals surface area contributed by atoms with Gasteiger partial charge in [-0.3, -0.25) is 4.40 Å². The highest BCUT2D eigenvalue weighted by Gasteiger charge is 2.12. The summed E-state index contributed by atoms with van der Waals surface area (Å²) in [5.74, 6) is 1.04. The predicted molar refractivity (Wildman–Crippen MR) is 85.1 cm³/mol. The smallest absolute Gasteiger partial charge is 0.148 e. The number of hydrogen-bond acceptors (Lipinski definition) is 2. The standard InChI is InChI=1S/C16H12BrN3/c1-2-15-18-12-8-7-10(17)9-11(12)16-19-13-5-3-4-6-14(13)20(15)16/h3-9H,2H2,1H3. The van der Waals surface area contributed by atoms with Crippen molar-refractivity contribution in [3.8, 4) is 0 Å². The number of nitrogens with zero attached hydrogens (tertiary/aromatic N) is 3. The van der Waals surface area contributed by atoms with Gasteiger partial charge in [0.1, 0.15) is 11.5 Å². The molecule has 2 heterocycles. The third-order valence-electron chi connectivity index (χ3n) is 3.58. The van der Waals surface area contributed by atoms with Crippen LogP contribution >= 0.6 is 15.9 Å².